The quantitative estimate of drug-likeness (QED) is 0.853. The van der Waals surface area contributed by atoms with E-state index in [9.17, 15) is 0 Å². The Morgan fingerprint density at radius 3 is 2.65 bits per heavy atom. The Hall–Kier alpha value is -1.06. The largest absolute Gasteiger partial charge is 0.496 e. The number of methoxy groups -OCH3 is 1. The average Bonchev–Trinajstić information content (AvgIpc) is 2.33. The summed E-state index contributed by atoms with van der Waals surface area (Å²) < 4.78 is 11.0. The predicted molar refractivity (Wildman–Crippen MR) is 68.6 cm³/mol. The highest BCUT2D eigenvalue weighted by Gasteiger charge is 2.21. The van der Waals surface area contributed by atoms with Gasteiger partial charge < -0.3 is 14.8 Å². The van der Waals surface area contributed by atoms with E-state index < -0.39 is 0 Å². The number of aryl methyl sites for hydroxylation is 2. The molecule has 17 heavy (non-hydrogen) atoms. The van der Waals surface area contributed by atoms with Crippen LogP contribution in [0.5, 0.6) is 5.75 Å². The first-order chi connectivity index (χ1) is 8.11. The Morgan fingerprint density at radius 2 is 2.06 bits per heavy atom. The van der Waals surface area contributed by atoms with Gasteiger partial charge in [-0.05, 0) is 43.5 Å². The predicted octanol–water partition coefficient (Wildman–Crippen LogP) is 2.36. The van der Waals surface area contributed by atoms with Crippen LogP contribution in [0.1, 0.15) is 29.7 Å². The van der Waals surface area contributed by atoms with Gasteiger partial charge in [0.25, 0.3) is 0 Å². The lowest BCUT2D eigenvalue weighted by Crippen LogP contribution is -2.39. The van der Waals surface area contributed by atoms with Crippen molar-refractivity contribution in [1.29, 1.82) is 0 Å². The molecule has 1 aromatic carbocycles. The molecule has 1 aliphatic rings. The van der Waals surface area contributed by atoms with Crippen LogP contribution in [0.3, 0.4) is 0 Å². The molecule has 2 rings (SSSR count). The van der Waals surface area contributed by atoms with Crippen LogP contribution in [-0.4, -0.2) is 26.4 Å². The zero-order valence-corrected chi connectivity index (χ0v) is 11.0. The maximum Gasteiger partial charge on any atom is 0.122 e. The minimum atomic E-state index is 0.302. The molecule has 0 amide bonds. The molecule has 94 valence electrons. The van der Waals surface area contributed by atoms with Crippen LogP contribution in [0, 0.1) is 13.8 Å². The third-order valence-electron chi connectivity index (χ3n) is 3.36. The lowest BCUT2D eigenvalue weighted by atomic mass is 9.97. The Kier molecular flexibility index (Phi) is 3.69. The van der Waals surface area contributed by atoms with Crippen LogP contribution in [0.15, 0.2) is 12.1 Å². The molecule has 1 saturated heterocycles. The molecule has 1 aromatic rings. The van der Waals surface area contributed by atoms with E-state index in [0.29, 0.717) is 12.1 Å². The molecule has 0 bridgehead atoms. The summed E-state index contributed by atoms with van der Waals surface area (Å²) in [6, 6.07) is 4.60. The SMILES string of the molecule is COc1cc(C)c(C2COC(C)CN2)cc1C. The van der Waals surface area contributed by atoms with Crippen LogP contribution in [0.25, 0.3) is 0 Å². The maximum atomic E-state index is 5.70. The standard InChI is InChI=1S/C14H21NO2/c1-9-6-14(16-4)10(2)5-12(9)13-8-17-11(3)7-15-13/h5-6,11,13,15H,7-8H2,1-4H3. The fourth-order valence-electron chi connectivity index (χ4n) is 2.29. The number of rotatable bonds is 2. The molecule has 2 unspecified atom stereocenters. The zero-order valence-electron chi connectivity index (χ0n) is 11.0. The minimum Gasteiger partial charge on any atom is -0.496 e. The van der Waals surface area contributed by atoms with E-state index >= 15 is 0 Å². The molecule has 3 heteroatoms. The number of benzene rings is 1. The normalized spacial score (nSPS) is 24.7. The number of hydrogen-bond donors (Lipinski definition) is 1. The lowest BCUT2D eigenvalue weighted by molar-refractivity contribution is 0.0148. The minimum absolute atomic E-state index is 0.302. The maximum absolute atomic E-state index is 5.70. The third-order valence-corrected chi connectivity index (χ3v) is 3.36. The molecule has 2 atom stereocenters. The van der Waals surface area contributed by atoms with Crippen molar-refractivity contribution in [3.05, 3.63) is 28.8 Å². The first-order valence-electron chi connectivity index (χ1n) is 6.12. The molecule has 3 nitrogen and oxygen atoms in total. The second-order valence-corrected chi connectivity index (χ2v) is 4.78. The van der Waals surface area contributed by atoms with Gasteiger partial charge in [-0.3, -0.25) is 0 Å². The van der Waals surface area contributed by atoms with Gasteiger partial charge in [0.15, 0.2) is 0 Å². The Morgan fingerprint density at radius 1 is 1.29 bits per heavy atom. The summed E-state index contributed by atoms with van der Waals surface area (Å²) in [4.78, 5) is 0. The first-order valence-corrected chi connectivity index (χ1v) is 6.12. The fourth-order valence-corrected chi connectivity index (χ4v) is 2.29. The highest BCUT2D eigenvalue weighted by molar-refractivity contribution is 5.43. The molecular formula is C14H21NO2. The number of morpholine rings is 1. The van der Waals surface area contributed by atoms with Gasteiger partial charge in [-0.25, -0.2) is 0 Å². The topological polar surface area (TPSA) is 30.5 Å². The third kappa shape index (κ3) is 2.61. The van der Waals surface area contributed by atoms with Gasteiger partial charge in [-0.2, -0.15) is 0 Å². The summed E-state index contributed by atoms with van der Waals surface area (Å²) in [6.45, 7) is 7.95. The van der Waals surface area contributed by atoms with Gasteiger partial charge in [-0.1, -0.05) is 6.07 Å². The monoisotopic (exact) mass is 235 g/mol. The highest BCUT2D eigenvalue weighted by Crippen LogP contribution is 2.28. The van der Waals surface area contributed by atoms with Crippen molar-refractivity contribution in [1.82, 2.24) is 5.32 Å². The van der Waals surface area contributed by atoms with Crippen molar-refractivity contribution < 1.29 is 9.47 Å². The van der Waals surface area contributed by atoms with Crippen molar-refractivity contribution in [2.75, 3.05) is 20.3 Å². The van der Waals surface area contributed by atoms with Crippen LogP contribution in [-0.2, 0) is 4.74 Å². The molecule has 0 spiro atoms. The number of ether oxygens (including phenoxy) is 2. The summed E-state index contributed by atoms with van der Waals surface area (Å²) in [7, 11) is 1.71. The zero-order chi connectivity index (χ0) is 12.4. The van der Waals surface area contributed by atoms with E-state index in [-0.39, 0.29) is 0 Å². The molecule has 0 aromatic heterocycles. The number of nitrogens with one attached hydrogen (secondary N) is 1. The molecule has 1 fully saturated rings. The summed E-state index contributed by atoms with van der Waals surface area (Å²) in [5, 5.41) is 3.52. The summed E-state index contributed by atoms with van der Waals surface area (Å²) >= 11 is 0. The van der Waals surface area contributed by atoms with E-state index in [0.717, 1.165) is 18.9 Å². The van der Waals surface area contributed by atoms with Gasteiger partial charge in [0.1, 0.15) is 5.75 Å². The van der Waals surface area contributed by atoms with E-state index in [1.807, 2.05) is 0 Å². The van der Waals surface area contributed by atoms with Crippen LogP contribution in [0.2, 0.25) is 0 Å². The first kappa shape index (κ1) is 12.4. The van der Waals surface area contributed by atoms with E-state index in [4.69, 9.17) is 9.47 Å². The van der Waals surface area contributed by atoms with Crippen LogP contribution < -0.4 is 10.1 Å². The van der Waals surface area contributed by atoms with Crippen molar-refractivity contribution in [3.63, 3.8) is 0 Å². The number of hydrogen-bond acceptors (Lipinski definition) is 3. The molecule has 1 heterocycles. The molecule has 0 saturated carbocycles. The molecule has 1 N–H and O–H groups in total. The van der Waals surface area contributed by atoms with Gasteiger partial charge in [-0.15, -0.1) is 0 Å². The van der Waals surface area contributed by atoms with Gasteiger partial charge in [0, 0.05) is 6.54 Å². The van der Waals surface area contributed by atoms with Gasteiger partial charge in [0.05, 0.1) is 25.9 Å². The van der Waals surface area contributed by atoms with Crippen LogP contribution in [0.4, 0.5) is 0 Å². The van der Waals surface area contributed by atoms with E-state index in [2.05, 4.69) is 38.2 Å². The van der Waals surface area contributed by atoms with E-state index in [1.165, 1.54) is 16.7 Å². The summed E-state index contributed by atoms with van der Waals surface area (Å²) in [5.74, 6) is 0.955. The van der Waals surface area contributed by atoms with Crippen molar-refractivity contribution in [2.45, 2.75) is 32.9 Å². The van der Waals surface area contributed by atoms with Crippen molar-refractivity contribution in [2.24, 2.45) is 0 Å². The van der Waals surface area contributed by atoms with E-state index in [1.54, 1.807) is 7.11 Å². The molecule has 0 aliphatic carbocycles. The Balaban J connectivity index is 2.23. The second kappa shape index (κ2) is 5.07. The smallest absolute Gasteiger partial charge is 0.122 e. The van der Waals surface area contributed by atoms with Crippen LogP contribution >= 0.6 is 0 Å². The average molecular weight is 235 g/mol. The molecular weight excluding hydrogens is 214 g/mol. The fraction of sp³-hybridized carbons (Fsp3) is 0.571. The van der Waals surface area contributed by atoms with Crippen molar-refractivity contribution >= 4 is 0 Å². The van der Waals surface area contributed by atoms with Gasteiger partial charge in [0.2, 0.25) is 0 Å². The Labute approximate surface area is 103 Å². The summed E-state index contributed by atoms with van der Waals surface area (Å²) in [6.07, 6.45) is 0.311. The Bertz CT molecular complexity index is 395. The second-order valence-electron chi connectivity index (χ2n) is 4.78. The molecule has 1 aliphatic heterocycles. The summed E-state index contributed by atoms with van der Waals surface area (Å²) in [5.41, 5.74) is 3.74. The van der Waals surface area contributed by atoms with Gasteiger partial charge >= 0.3 is 0 Å². The molecule has 0 radical (unpaired) electrons. The van der Waals surface area contributed by atoms with Crippen molar-refractivity contribution in [3.8, 4) is 5.75 Å². The highest BCUT2D eigenvalue weighted by atomic mass is 16.5. The lowest BCUT2D eigenvalue weighted by Gasteiger charge is -2.30.